The van der Waals surface area contributed by atoms with Gasteiger partial charge < -0.3 is 40.5 Å². The van der Waals surface area contributed by atoms with Crippen molar-refractivity contribution in [2.24, 2.45) is 5.92 Å². The number of amides is 1. The van der Waals surface area contributed by atoms with Crippen LogP contribution in [-0.4, -0.2) is 82.7 Å². The first-order valence-electron chi connectivity index (χ1n) is 9.51. The fourth-order valence-electron chi connectivity index (χ4n) is 3.10. The summed E-state index contributed by atoms with van der Waals surface area (Å²) in [5, 5.41) is 23.1. The molecule has 1 saturated heterocycles. The molecule has 1 aliphatic rings. The number of nitrogens with zero attached hydrogens (tertiary/aromatic N) is 4. The van der Waals surface area contributed by atoms with Gasteiger partial charge in [0.25, 0.3) is 5.91 Å². The average molecular weight is 495 g/mol. The highest BCUT2D eigenvalue weighted by Gasteiger charge is 2.46. The highest BCUT2D eigenvalue weighted by Crippen LogP contribution is 2.42. The third-order valence-corrected chi connectivity index (χ3v) is 5.83. The normalized spacial score (nSPS) is 24.9. The van der Waals surface area contributed by atoms with Crippen LogP contribution >= 0.6 is 19.2 Å². The van der Waals surface area contributed by atoms with Crippen LogP contribution in [0.2, 0.25) is 5.28 Å². The third kappa shape index (κ3) is 5.18. The number of ether oxygens (including phenoxy) is 2. The van der Waals surface area contributed by atoms with Gasteiger partial charge in [-0.05, 0) is 17.5 Å². The summed E-state index contributed by atoms with van der Waals surface area (Å²) in [5.74, 6) is -3.06. The lowest BCUT2D eigenvalue weighted by atomic mass is 10.1. The first-order chi connectivity index (χ1) is 14.9. The third-order valence-electron chi connectivity index (χ3n) is 4.67. The lowest BCUT2D eigenvalue weighted by Crippen LogP contribution is -2.41. The van der Waals surface area contributed by atoms with Crippen LogP contribution in [0.15, 0.2) is 6.33 Å². The monoisotopic (exact) mass is 494 g/mol. The quantitative estimate of drug-likeness (QED) is 0.192. The van der Waals surface area contributed by atoms with E-state index >= 15 is 0 Å². The molecule has 3 rings (SSSR count). The Morgan fingerprint density at radius 1 is 1.38 bits per heavy atom. The molecule has 2 aromatic heterocycles. The number of hydrogen-bond donors (Lipinski definition) is 6. The predicted octanol–water partition coefficient (Wildman–Crippen LogP) is -1.03. The Bertz CT molecular complexity index is 1030. The first kappa shape index (κ1) is 24.7. The summed E-state index contributed by atoms with van der Waals surface area (Å²) in [7, 11) is -4.99. The smallest absolute Gasteiger partial charge is 0.363 e. The summed E-state index contributed by atoms with van der Waals surface area (Å²) in [6.45, 7) is 3.21. The zero-order chi connectivity index (χ0) is 23.8. The Labute approximate surface area is 186 Å². The van der Waals surface area contributed by atoms with E-state index in [0.717, 1.165) is 0 Å². The van der Waals surface area contributed by atoms with Gasteiger partial charge in [0.1, 0.15) is 23.8 Å². The molecule has 5 atom stereocenters. The van der Waals surface area contributed by atoms with Crippen LogP contribution in [0.3, 0.4) is 0 Å². The van der Waals surface area contributed by atoms with Crippen molar-refractivity contribution in [2.45, 2.75) is 44.2 Å². The largest absolute Gasteiger partial charge is 0.387 e. The van der Waals surface area contributed by atoms with Gasteiger partial charge in [0.05, 0.1) is 12.9 Å². The van der Waals surface area contributed by atoms with Crippen LogP contribution in [0.25, 0.3) is 11.2 Å². The number of halogens is 1. The van der Waals surface area contributed by atoms with E-state index in [1.165, 1.54) is 10.9 Å². The molecule has 2 aromatic rings. The Kier molecular flexibility index (Phi) is 7.37. The van der Waals surface area contributed by atoms with Crippen molar-refractivity contribution in [1.82, 2.24) is 24.8 Å². The van der Waals surface area contributed by atoms with Crippen LogP contribution in [0.5, 0.6) is 0 Å². The molecule has 1 amide bonds. The van der Waals surface area contributed by atoms with Gasteiger partial charge in [0, 0.05) is 6.54 Å². The Balaban J connectivity index is 1.75. The zero-order valence-corrected chi connectivity index (χ0v) is 18.7. The number of aliphatic hydroxyl groups excluding tert-OH is 2. The average Bonchev–Trinajstić information content (AvgIpc) is 3.21. The van der Waals surface area contributed by atoms with Gasteiger partial charge in [-0.2, -0.15) is 9.97 Å². The zero-order valence-electron chi connectivity index (χ0n) is 17.1. The summed E-state index contributed by atoms with van der Waals surface area (Å²) in [5.41, 5.74) is 6.09. The summed E-state index contributed by atoms with van der Waals surface area (Å²) in [6, 6.07) is 0. The van der Waals surface area contributed by atoms with E-state index in [4.69, 9.17) is 26.8 Å². The number of aliphatic hydroxyl groups is 2. The summed E-state index contributed by atoms with van der Waals surface area (Å²) < 4.78 is 23.8. The molecule has 32 heavy (non-hydrogen) atoms. The number of nitrogens with two attached hydrogens (primary N) is 1. The number of nitrogens with one attached hydrogen (secondary N) is 1. The van der Waals surface area contributed by atoms with Crippen molar-refractivity contribution < 1.29 is 38.8 Å². The molecule has 0 aromatic carbocycles. The maximum absolute atomic E-state index is 12.2. The van der Waals surface area contributed by atoms with Crippen LogP contribution in [0.1, 0.15) is 20.1 Å². The maximum atomic E-state index is 12.2. The number of hydrogen-bond acceptors (Lipinski definition) is 10. The Morgan fingerprint density at radius 2 is 2.06 bits per heavy atom. The van der Waals surface area contributed by atoms with E-state index < -0.39 is 50.5 Å². The minimum Gasteiger partial charge on any atom is -0.387 e. The van der Waals surface area contributed by atoms with Gasteiger partial charge in [-0.25, -0.2) is 4.98 Å². The number of carbonyl (C=O) groups is 1. The van der Waals surface area contributed by atoms with Crippen LogP contribution in [-0.2, 0) is 18.8 Å². The maximum Gasteiger partial charge on any atom is 0.363 e. The lowest BCUT2D eigenvalue weighted by Gasteiger charge is -2.22. The molecule has 16 heteroatoms. The molecule has 0 radical (unpaired) electrons. The summed E-state index contributed by atoms with van der Waals surface area (Å²) >= 11 is 5.83. The van der Waals surface area contributed by atoms with E-state index in [0.29, 0.717) is 0 Å². The van der Waals surface area contributed by atoms with Crippen LogP contribution in [0.4, 0.5) is 5.82 Å². The van der Waals surface area contributed by atoms with Crippen molar-refractivity contribution in [3.8, 4) is 0 Å². The molecular weight excluding hydrogens is 471 g/mol. The van der Waals surface area contributed by atoms with E-state index in [1.54, 1.807) is 0 Å². The molecule has 1 fully saturated rings. The Morgan fingerprint density at radius 3 is 2.69 bits per heavy atom. The standard InChI is InChI=1S/C16H24ClN6O8P/c1-6(2)3-19-13(26)15(32(27,28)29)30-4-7-9(24)10(25)14(31-7)23-5-20-8-11(18)21-16(17)22-12(8)23/h5-7,9-10,14-15,24-25H,3-4H2,1-2H3,(H,19,26)(H2,18,21,22)(H2,27,28,29)/t7-,9-,10-,14-,15?/m1/s1. The van der Waals surface area contributed by atoms with E-state index in [1.807, 2.05) is 13.8 Å². The predicted molar refractivity (Wildman–Crippen MR) is 110 cm³/mol. The molecule has 0 bridgehead atoms. The number of anilines is 1. The van der Waals surface area contributed by atoms with Crippen LogP contribution in [0, 0.1) is 5.92 Å². The second-order valence-corrected chi connectivity index (χ2v) is 9.65. The van der Waals surface area contributed by atoms with Crippen LogP contribution < -0.4 is 11.1 Å². The van der Waals surface area contributed by atoms with E-state index in [9.17, 15) is 29.4 Å². The van der Waals surface area contributed by atoms with Gasteiger partial charge in [-0.1, -0.05) is 13.8 Å². The highest BCUT2D eigenvalue weighted by molar-refractivity contribution is 7.53. The van der Waals surface area contributed by atoms with Crippen molar-refractivity contribution in [3.63, 3.8) is 0 Å². The number of carbonyl (C=O) groups excluding carboxylic acids is 1. The number of fused-ring (bicyclic) bond motifs is 1. The van der Waals surface area contributed by atoms with Gasteiger partial charge >= 0.3 is 7.60 Å². The molecule has 1 unspecified atom stereocenters. The molecule has 0 aliphatic carbocycles. The lowest BCUT2D eigenvalue weighted by molar-refractivity contribution is -0.133. The number of imidazole rings is 1. The van der Waals surface area contributed by atoms with Gasteiger partial charge in [0.2, 0.25) is 11.1 Å². The van der Waals surface area contributed by atoms with Crippen molar-refractivity contribution >= 4 is 42.1 Å². The molecule has 3 heterocycles. The number of aromatic nitrogens is 4. The molecule has 0 spiro atoms. The minimum atomic E-state index is -4.99. The summed E-state index contributed by atoms with van der Waals surface area (Å²) in [6.07, 6.45) is -4.16. The van der Waals surface area contributed by atoms with E-state index in [-0.39, 0.29) is 34.7 Å². The fourth-order valence-corrected chi connectivity index (χ4v) is 3.95. The highest BCUT2D eigenvalue weighted by atomic mass is 35.5. The molecule has 7 N–H and O–H groups in total. The van der Waals surface area contributed by atoms with Crippen molar-refractivity contribution in [2.75, 3.05) is 18.9 Å². The number of nitrogen functional groups attached to an aromatic ring is 1. The van der Waals surface area contributed by atoms with Gasteiger partial charge in [-0.3, -0.25) is 13.9 Å². The molecular formula is C16H24ClN6O8P. The van der Waals surface area contributed by atoms with Gasteiger partial charge in [-0.15, -0.1) is 0 Å². The van der Waals surface area contributed by atoms with Gasteiger partial charge in [0.15, 0.2) is 17.7 Å². The Hall–Kier alpha value is -1.90. The molecule has 0 saturated carbocycles. The molecule has 14 nitrogen and oxygen atoms in total. The fraction of sp³-hybridized carbons (Fsp3) is 0.625. The second-order valence-electron chi connectivity index (χ2n) is 7.66. The summed E-state index contributed by atoms with van der Waals surface area (Å²) in [4.78, 5) is 43.0. The topological polar surface area (TPSA) is 215 Å². The number of rotatable bonds is 8. The molecule has 1 aliphatic heterocycles. The van der Waals surface area contributed by atoms with E-state index in [2.05, 4.69) is 20.3 Å². The molecule has 178 valence electrons. The first-order valence-corrected chi connectivity index (χ1v) is 11.6. The minimum absolute atomic E-state index is 0.00330. The SMILES string of the molecule is CC(C)CNC(=O)C(OC[C@H]1O[C@@H](n2cnc3c(N)nc(Cl)nc32)[C@H](O)[C@@H]1O)P(=O)(O)O. The van der Waals surface area contributed by atoms with Crippen molar-refractivity contribution in [1.29, 1.82) is 0 Å². The van der Waals surface area contributed by atoms with Crippen molar-refractivity contribution in [3.05, 3.63) is 11.6 Å². The second kappa shape index (κ2) is 9.53.